The van der Waals surface area contributed by atoms with Crippen LogP contribution in [0.5, 0.6) is 17.2 Å². The number of carbonyl (C=O) groups is 1. The van der Waals surface area contributed by atoms with E-state index in [9.17, 15) is 4.79 Å². The highest BCUT2D eigenvalue weighted by atomic mass is 16.6. The highest BCUT2D eigenvalue weighted by Crippen LogP contribution is 2.32. The van der Waals surface area contributed by atoms with Crippen LogP contribution in [0.1, 0.15) is 37.4 Å². The summed E-state index contributed by atoms with van der Waals surface area (Å²) < 4.78 is 17.0. The fraction of sp³-hybridized carbons (Fsp3) is 0.381. The fourth-order valence-electron chi connectivity index (χ4n) is 2.82. The van der Waals surface area contributed by atoms with E-state index < -0.39 is 6.10 Å². The maximum absolute atomic E-state index is 12.6. The number of benzene rings is 2. The van der Waals surface area contributed by atoms with E-state index in [0.29, 0.717) is 25.4 Å². The van der Waals surface area contributed by atoms with Gasteiger partial charge in [-0.3, -0.25) is 4.79 Å². The third-order valence-electron chi connectivity index (χ3n) is 4.39. The summed E-state index contributed by atoms with van der Waals surface area (Å²) in [6.45, 7) is 7.00. The van der Waals surface area contributed by atoms with Crippen LogP contribution in [0.15, 0.2) is 42.5 Å². The molecule has 1 aliphatic rings. The molecule has 0 saturated heterocycles. The zero-order valence-electron chi connectivity index (χ0n) is 15.5. The summed E-state index contributed by atoms with van der Waals surface area (Å²) in [6, 6.07) is 13.3. The van der Waals surface area contributed by atoms with E-state index in [1.165, 1.54) is 0 Å². The predicted molar refractivity (Wildman–Crippen MR) is 99.9 cm³/mol. The molecule has 1 aliphatic heterocycles. The topological polar surface area (TPSA) is 56.8 Å². The van der Waals surface area contributed by atoms with Gasteiger partial charge in [0.2, 0.25) is 0 Å². The zero-order valence-corrected chi connectivity index (χ0v) is 15.5. The Hall–Kier alpha value is -2.69. The largest absolute Gasteiger partial charge is 0.486 e. The Labute approximate surface area is 154 Å². The van der Waals surface area contributed by atoms with Crippen molar-refractivity contribution in [3.8, 4) is 17.2 Å². The van der Waals surface area contributed by atoms with Crippen molar-refractivity contribution in [2.45, 2.75) is 39.3 Å². The van der Waals surface area contributed by atoms with Crippen molar-refractivity contribution >= 4 is 5.91 Å². The van der Waals surface area contributed by atoms with Gasteiger partial charge < -0.3 is 19.5 Å². The van der Waals surface area contributed by atoms with Crippen LogP contribution >= 0.6 is 0 Å². The van der Waals surface area contributed by atoms with Gasteiger partial charge >= 0.3 is 0 Å². The molecule has 0 unspecified atom stereocenters. The van der Waals surface area contributed by atoms with Gasteiger partial charge in [-0.2, -0.15) is 0 Å². The summed E-state index contributed by atoms with van der Waals surface area (Å²) in [7, 11) is 0. The lowest BCUT2D eigenvalue weighted by Crippen LogP contribution is -2.39. The van der Waals surface area contributed by atoms with E-state index in [-0.39, 0.29) is 11.9 Å². The monoisotopic (exact) mass is 355 g/mol. The van der Waals surface area contributed by atoms with Crippen LogP contribution in [0.3, 0.4) is 0 Å². The molecule has 2 atom stereocenters. The second-order valence-electron chi connectivity index (χ2n) is 6.46. The maximum atomic E-state index is 12.6. The van der Waals surface area contributed by atoms with E-state index in [1.807, 2.05) is 63.2 Å². The van der Waals surface area contributed by atoms with Crippen molar-refractivity contribution in [1.82, 2.24) is 5.32 Å². The van der Waals surface area contributed by atoms with Gasteiger partial charge in [0.1, 0.15) is 19.0 Å². The van der Waals surface area contributed by atoms with Crippen LogP contribution in [-0.2, 0) is 4.79 Å². The van der Waals surface area contributed by atoms with Gasteiger partial charge in [-0.1, -0.05) is 30.7 Å². The highest BCUT2D eigenvalue weighted by molar-refractivity contribution is 5.81. The third kappa shape index (κ3) is 4.28. The molecular formula is C21H25NO4. The fourth-order valence-corrected chi connectivity index (χ4v) is 2.82. The van der Waals surface area contributed by atoms with Gasteiger partial charge in [-0.15, -0.1) is 0 Å². The van der Waals surface area contributed by atoms with Crippen LogP contribution in [0.2, 0.25) is 0 Å². The summed E-state index contributed by atoms with van der Waals surface area (Å²) in [4.78, 5) is 12.6. The zero-order chi connectivity index (χ0) is 18.5. The summed E-state index contributed by atoms with van der Waals surface area (Å²) in [5.74, 6) is 2.03. The Kier molecular flexibility index (Phi) is 5.66. The lowest BCUT2D eigenvalue weighted by atomic mass is 10.1. The van der Waals surface area contributed by atoms with Crippen molar-refractivity contribution in [1.29, 1.82) is 0 Å². The van der Waals surface area contributed by atoms with Gasteiger partial charge in [0.25, 0.3) is 5.91 Å². The molecule has 0 bridgehead atoms. The minimum atomic E-state index is -0.530. The van der Waals surface area contributed by atoms with Gasteiger partial charge in [-0.25, -0.2) is 0 Å². The lowest BCUT2D eigenvalue weighted by Gasteiger charge is -2.23. The third-order valence-corrected chi connectivity index (χ3v) is 4.39. The SMILES string of the molecule is CC[C@@H](Oc1ccc(C)cc1)C(=O)N[C@@H](C)c1ccc2c(c1)OCCO2. The van der Waals surface area contributed by atoms with Crippen molar-refractivity contribution < 1.29 is 19.0 Å². The summed E-state index contributed by atoms with van der Waals surface area (Å²) in [5.41, 5.74) is 2.12. The standard InChI is InChI=1S/C21H25NO4/c1-4-18(26-17-8-5-14(2)6-9-17)21(23)22-15(3)16-7-10-19-20(13-16)25-12-11-24-19/h5-10,13,15,18H,4,11-12H2,1-3H3,(H,22,23)/t15-,18+/m0/s1. The second-order valence-corrected chi connectivity index (χ2v) is 6.46. The number of fused-ring (bicyclic) bond motifs is 1. The molecule has 0 radical (unpaired) electrons. The van der Waals surface area contributed by atoms with E-state index in [0.717, 1.165) is 22.6 Å². The molecule has 0 aromatic heterocycles. The van der Waals surface area contributed by atoms with Crippen LogP contribution in [0, 0.1) is 6.92 Å². The number of ether oxygens (including phenoxy) is 3. The van der Waals surface area contributed by atoms with Gasteiger partial charge in [0, 0.05) is 0 Å². The number of hydrogen-bond acceptors (Lipinski definition) is 4. The average molecular weight is 355 g/mol. The van der Waals surface area contributed by atoms with Crippen molar-refractivity contribution in [3.05, 3.63) is 53.6 Å². The maximum Gasteiger partial charge on any atom is 0.261 e. The van der Waals surface area contributed by atoms with Crippen molar-refractivity contribution in [2.75, 3.05) is 13.2 Å². The molecule has 138 valence electrons. The molecule has 3 rings (SSSR count). The first-order chi connectivity index (χ1) is 12.6. The number of amides is 1. The molecule has 0 aliphatic carbocycles. The quantitative estimate of drug-likeness (QED) is 0.856. The first kappa shape index (κ1) is 18.1. The molecule has 2 aromatic carbocycles. The molecule has 0 saturated carbocycles. The first-order valence-corrected chi connectivity index (χ1v) is 9.00. The second kappa shape index (κ2) is 8.13. The molecule has 1 N–H and O–H groups in total. The number of hydrogen-bond donors (Lipinski definition) is 1. The van der Waals surface area contributed by atoms with E-state index in [2.05, 4.69) is 5.32 Å². The number of aryl methyl sites for hydroxylation is 1. The molecule has 1 amide bonds. The molecule has 1 heterocycles. The smallest absolute Gasteiger partial charge is 0.261 e. The Morgan fingerprint density at radius 3 is 2.50 bits per heavy atom. The minimum absolute atomic E-state index is 0.129. The van der Waals surface area contributed by atoms with E-state index in [4.69, 9.17) is 14.2 Å². The molecule has 0 fully saturated rings. The van der Waals surface area contributed by atoms with Gasteiger partial charge in [-0.05, 0) is 50.1 Å². The summed E-state index contributed by atoms with van der Waals surface area (Å²) in [6.07, 6.45) is 0.0606. The van der Waals surface area contributed by atoms with Crippen molar-refractivity contribution in [2.24, 2.45) is 0 Å². The Bertz CT molecular complexity index is 757. The summed E-state index contributed by atoms with van der Waals surface area (Å²) >= 11 is 0. The molecule has 26 heavy (non-hydrogen) atoms. The van der Waals surface area contributed by atoms with Crippen LogP contribution in [-0.4, -0.2) is 25.2 Å². The molecule has 0 spiro atoms. The number of nitrogens with one attached hydrogen (secondary N) is 1. The van der Waals surface area contributed by atoms with Crippen LogP contribution < -0.4 is 19.5 Å². The Morgan fingerprint density at radius 1 is 1.12 bits per heavy atom. The van der Waals surface area contributed by atoms with Crippen molar-refractivity contribution in [3.63, 3.8) is 0 Å². The molecule has 5 heteroatoms. The number of carbonyl (C=O) groups excluding carboxylic acids is 1. The van der Waals surface area contributed by atoms with Gasteiger partial charge in [0.15, 0.2) is 17.6 Å². The van der Waals surface area contributed by atoms with Crippen LogP contribution in [0.4, 0.5) is 0 Å². The average Bonchev–Trinajstić information content (AvgIpc) is 2.67. The van der Waals surface area contributed by atoms with Gasteiger partial charge in [0.05, 0.1) is 6.04 Å². The Balaban J connectivity index is 1.64. The highest BCUT2D eigenvalue weighted by Gasteiger charge is 2.22. The lowest BCUT2D eigenvalue weighted by molar-refractivity contribution is -0.128. The first-order valence-electron chi connectivity index (χ1n) is 9.00. The normalized spacial score (nSPS) is 15.0. The van der Waals surface area contributed by atoms with E-state index in [1.54, 1.807) is 0 Å². The number of rotatable bonds is 6. The molecule has 5 nitrogen and oxygen atoms in total. The minimum Gasteiger partial charge on any atom is -0.486 e. The molecule has 2 aromatic rings. The molecular weight excluding hydrogens is 330 g/mol. The Morgan fingerprint density at radius 2 is 1.81 bits per heavy atom. The summed E-state index contributed by atoms with van der Waals surface area (Å²) in [5, 5.41) is 3.03. The van der Waals surface area contributed by atoms with Crippen LogP contribution in [0.25, 0.3) is 0 Å². The predicted octanol–water partition coefficient (Wildman–Crippen LogP) is 3.80. The van der Waals surface area contributed by atoms with E-state index >= 15 is 0 Å².